The maximum absolute atomic E-state index is 12.5. The minimum atomic E-state index is -0.297. The Balaban J connectivity index is 1.35. The van der Waals surface area contributed by atoms with Gasteiger partial charge in [0.25, 0.3) is 0 Å². The Bertz CT molecular complexity index is 1210. The number of amides is 1. The van der Waals surface area contributed by atoms with E-state index in [1.807, 2.05) is 84.9 Å². The third-order valence-corrected chi connectivity index (χ3v) is 4.78. The molecule has 0 aliphatic rings. The number of aromatic nitrogens is 1. The van der Waals surface area contributed by atoms with Gasteiger partial charge in [0, 0.05) is 12.3 Å². The number of nitrogens with one attached hydrogen (secondary N) is 1. The number of carbonyl (C=O) groups is 1. The van der Waals surface area contributed by atoms with Crippen LogP contribution >= 0.6 is 0 Å². The molecule has 4 aromatic rings. The van der Waals surface area contributed by atoms with Gasteiger partial charge in [-0.15, -0.1) is 0 Å². The lowest BCUT2D eigenvalue weighted by atomic mass is 10.2. The van der Waals surface area contributed by atoms with Gasteiger partial charge in [0.1, 0.15) is 19.0 Å². The van der Waals surface area contributed by atoms with Crippen LogP contribution in [0.5, 0.6) is 11.5 Å². The second kappa shape index (κ2) is 11.3. The first-order valence-electron chi connectivity index (χ1n) is 10.6. The molecule has 4 rings (SSSR count). The first-order valence-corrected chi connectivity index (χ1v) is 10.6. The maximum Gasteiger partial charge on any atom is 0.249 e. The largest absolute Gasteiger partial charge is 0.489 e. The van der Waals surface area contributed by atoms with Crippen molar-refractivity contribution in [1.29, 1.82) is 0 Å². The Kier molecular flexibility index (Phi) is 7.48. The summed E-state index contributed by atoms with van der Waals surface area (Å²) in [6.45, 7) is 0.876. The van der Waals surface area contributed by atoms with Crippen molar-refractivity contribution in [3.05, 3.63) is 126 Å². The molecule has 0 bridgehead atoms. The zero-order chi connectivity index (χ0) is 22.7. The van der Waals surface area contributed by atoms with E-state index in [4.69, 9.17) is 9.47 Å². The van der Waals surface area contributed by atoms with Crippen LogP contribution in [0.15, 0.2) is 109 Å². The Hall–Kier alpha value is -4.38. The molecular formula is C28H24N2O3. The van der Waals surface area contributed by atoms with E-state index in [1.165, 1.54) is 6.08 Å². The van der Waals surface area contributed by atoms with Crippen molar-refractivity contribution < 1.29 is 14.3 Å². The summed E-state index contributed by atoms with van der Waals surface area (Å²) in [7, 11) is 0. The molecule has 3 aromatic carbocycles. The van der Waals surface area contributed by atoms with Gasteiger partial charge in [-0.25, -0.2) is 4.98 Å². The summed E-state index contributed by atoms with van der Waals surface area (Å²) in [5, 5.41) is 2.79. The highest BCUT2D eigenvalue weighted by Crippen LogP contribution is 2.22. The first kappa shape index (κ1) is 21.8. The van der Waals surface area contributed by atoms with Gasteiger partial charge >= 0.3 is 0 Å². The second-order valence-corrected chi connectivity index (χ2v) is 7.29. The predicted molar refractivity (Wildman–Crippen MR) is 130 cm³/mol. The first-order chi connectivity index (χ1) is 16.3. The molecule has 0 unspecified atom stereocenters. The van der Waals surface area contributed by atoms with E-state index in [1.54, 1.807) is 24.4 Å². The number of ether oxygens (including phenoxy) is 2. The van der Waals surface area contributed by atoms with E-state index >= 15 is 0 Å². The van der Waals surface area contributed by atoms with Crippen molar-refractivity contribution in [2.75, 3.05) is 5.32 Å². The van der Waals surface area contributed by atoms with Gasteiger partial charge in [-0.3, -0.25) is 4.79 Å². The quantitative estimate of drug-likeness (QED) is 0.332. The zero-order valence-corrected chi connectivity index (χ0v) is 18.1. The third kappa shape index (κ3) is 6.80. The molecule has 0 radical (unpaired) electrons. The molecule has 0 saturated heterocycles. The molecule has 5 heteroatoms. The molecule has 0 aliphatic carbocycles. The average Bonchev–Trinajstić information content (AvgIpc) is 2.87. The molecule has 0 fully saturated rings. The lowest BCUT2D eigenvalue weighted by Crippen LogP contribution is -2.11. The van der Waals surface area contributed by atoms with E-state index in [-0.39, 0.29) is 5.91 Å². The van der Waals surface area contributed by atoms with Gasteiger partial charge in [-0.2, -0.15) is 0 Å². The van der Waals surface area contributed by atoms with Crippen LogP contribution in [0.4, 0.5) is 5.82 Å². The lowest BCUT2D eigenvalue weighted by Gasteiger charge is -2.10. The van der Waals surface area contributed by atoms with Gasteiger partial charge < -0.3 is 14.8 Å². The molecule has 1 heterocycles. The highest BCUT2D eigenvalue weighted by atomic mass is 16.5. The van der Waals surface area contributed by atoms with Crippen LogP contribution in [-0.4, -0.2) is 10.9 Å². The molecule has 1 aromatic heterocycles. The third-order valence-electron chi connectivity index (χ3n) is 4.78. The maximum atomic E-state index is 12.5. The molecule has 0 saturated carbocycles. The molecule has 164 valence electrons. The smallest absolute Gasteiger partial charge is 0.249 e. The fourth-order valence-electron chi connectivity index (χ4n) is 3.12. The Morgan fingerprint density at radius 3 is 2.21 bits per heavy atom. The van der Waals surface area contributed by atoms with Crippen molar-refractivity contribution >= 4 is 17.8 Å². The van der Waals surface area contributed by atoms with Crippen molar-refractivity contribution in [2.24, 2.45) is 0 Å². The van der Waals surface area contributed by atoms with Crippen molar-refractivity contribution in [1.82, 2.24) is 4.98 Å². The van der Waals surface area contributed by atoms with Crippen LogP contribution in [0.2, 0.25) is 0 Å². The van der Waals surface area contributed by atoms with E-state index in [9.17, 15) is 4.79 Å². The highest BCUT2D eigenvalue weighted by molar-refractivity contribution is 6.02. The Labute approximate surface area is 193 Å². The zero-order valence-electron chi connectivity index (χ0n) is 18.1. The summed E-state index contributed by atoms with van der Waals surface area (Å²) in [4.78, 5) is 16.7. The number of carbonyl (C=O) groups excluding carboxylic acids is 1. The summed E-state index contributed by atoms with van der Waals surface area (Å²) in [5.74, 6) is 1.33. The average molecular weight is 437 g/mol. The standard InChI is InChI=1S/C28H24N2O3/c31-27(30-28-26(15-8-18-29-28)33-21-24-11-5-2-6-12-24)17-16-22-13-7-14-25(19-22)32-20-23-9-3-1-4-10-23/h1-19H,20-21H2,(H,29,30,31)/b17-16+. The molecular weight excluding hydrogens is 412 g/mol. The van der Waals surface area contributed by atoms with Gasteiger partial charge in [0.05, 0.1) is 0 Å². The van der Waals surface area contributed by atoms with E-state index < -0.39 is 0 Å². The van der Waals surface area contributed by atoms with Crippen LogP contribution in [0.25, 0.3) is 6.08 Å². The Morgan fingerprint density at radius 2 is 1.48 bits per heavy atom. The fourth-order valence-corrected chi connectivity index (χ4v) is 3.12. The fraction of sp³-hybridized carbons (Fsp3) is 0.0714. The molecule has 33 heavy (non-hydrogen) atoms. The molecule has 0 atom stereocenters. The normalized spacial score (nSPS) is 10.7. The van der Waals surface area contributed by atoms with Gasteiger partial charge in [0.15, 0.2) is 11.6 Å². The minimum absolute atomic E-state index is 0.297. The SMILES string of the molecule is O=C(/C=C/c1cccc(OCc2ccccc2)c1)Nc1ncccc1OCc1ccccc1. The van der Waals surface area contributed by atoms with Crippen molar-refractivity contribution in [3.63, 3.8) is 0 Å². The number of hydrogen-bond donors (Lipinski definition) is 1. The van der Waals surface area contributed by atoms with Crippen LogP contribution in [0, 0.1) is 0 Å². The Morgan fingerprint density at radius 1 is 0.788 bits per heavy atom. The second-order valence-electron chi connectivity index (χ2n) is 7.29. The topological polar surface area (TPSA) is 60.5 Å². The minimum Gasteiger partial charge on any atom is -0.489 e. The summed E-state index contributed by atoms with van der Waals surface area (Å²) >= 11 is 0. The number of anilines is 1. The monoisotopic (exact) mass is 436 g/mol. The van der Waals surface area contributed by atoms with E-state index in [2.05, 4.69) is 10.3 Å². The van der Waals surface area contributed by atoms with Gasteiger partial charge in [-0.05, 0) is 47.0 Å². The van der Waals surface area contributed by atoms with Crippen LogP contribution in [-0.2, 0) is 18.0 Å². The van der Waals surface area contributed by atoms with E-state index in [0.29, 0.717) is 24.8 Å². The number of hydrogen-bond acceptors (Lipinski definition) is 4. The molecule has 1 N–H and O–H groups in total. The molecule has 1 amide bonds. The van der Waals surface area contributed by atoms with Crippen LogP contribution in [0.3, 0.4) is 0 Å². The summed E-state index contributed by atoms with van der Waals surface area (Å²) in [6.07, 6.45) is 4.81. The molecule has 5 nitrogen and oxygen atoms in total. The van der Waals surface area contributed by atoms with Crippen molar-refractivity contribution in [3.8, 4) is 11.5 Å². The summed E-state index contributed by atoms with van der Waals surface area (Å²) in [5.41, 5.74) is 2.99. The van der Waals surface area contributed by atoms with Crippen molar-refractivity contribution in [2.45, 2.75) is 13.2 Å². The predicted octanol–water partition coefficient (Wildman–Crippen LogP) is 5.89. The molecule has 0 aliphatic heterocycles. The number of rotatable bonds is 9. The highest BCUT2D eigenvalue weighted by Gasteiger charge is 2.07. The van der Waals surface area contributed by atoms with Gasteiger partial charge in [-0.1, -0.05) is 72.8 Å². The van der Waals surface area contributed by atoms with Crippen LogP contribution < -0.4 is 14.8 Å². The molecule has 0 spiro atoms. The number of nitrogens with zero attached hydrogens (tertiary/aromatic N) is 1. The summed E-state index contributed by atoms with van der Waals surface area (Å²) < 4.78 is 11.7. The summed E-state index contributed by atoms with van der Waals surface area (Å²) in [6, 6.07) is 30.9. The van der Waals surface area contributed by atoms with Crippen LogP contribution in [0.1, 0.15) is 16.7 Å². The number of pyridine rings is 1. The van der Waals surface area contributed by atoms with Gasteiger partial charge in [0.2, 0.25) is 5.91 Å². The lowest BCUT2D eigenvalue weighted by molar-refractivity contribution is -0.111. The van der Waals surface area contributed by atoms with E-state index in [0.717, 1.165) is 22.4 Å². The number of benzene rings is 3.